The third-order valence-electron chi connectivity index (χ3n) is 0.889. The maximum atomic E-state index is 3.78. The van der Waals surface area contributed by atoms with Gasteiger partial charge in [0.25, 0.3) is 0 Å². The van der Waals surface area contributed by atoms with E-state index in [-0.39, 0.29) is 0 Å². The average molecular weight is 81.1 g/mol. The standard InChI is InChI=1S/C5H7N/c1-2-5-3-6-4-5/h3-4H,2H2,1H3. The van der Waals surface area contributed by atoms with Gasteiger partial charge in [0.05, 0.1) is 0 Å². The summed E-state index contributed by atoms with van der Waals surface area (Å²) in [6.07, 6.45) is 4.91. The van der Waals surface area contributed by atoms with Gasteiger partial charge in [0.2, 0.25) is 0 Å². The second-order valence-electron chi connectivity index (χ2n) is 1.34. The molecule has 0 saturated carbocycles. The minimum absolute atomic E-state index is 1.13. The lowest BCUT2D eigenvalue weighted by molar-refractivity contribution is 1.14. The third-order valence-corrected chi connectivity index (χ3v) is 0.889. The molecule has 1 nitrogen and oxygen atoms in total. The summed E-state index contributed by atoms with van der Waals surface area (Å²) in [5.74, 6) is 0. The molecule has 0 aromatic heterocycles. The van der Waals surface area contributed by atoms with Gasteiger partial charge in [-0.25, -0.2) is 0 Å². The smallest absolute Gasteiger partial charge is 0.0315 e. The Balaban J connectivity index is 2.37. The fourth-order valence-corrected chi connectivity index (χ4v) is 0.363. The number of hydrogen-bond acceptors (Lipinski definition) is 1. The summed E-state index contributed by atoms with van der Waals surface area (Å²) in [6, 6.07) is 0. The van der Waals surface area contributed by atoms with Gasteiger partial charge < -0.3 is 0 Å². The van der Waals surface area contributed by atoms with Crippen LogP contribution in [0.15, 0.2) is 16.8 Å². The molecular formula is C5H7N. The predicted octanol–water partition coefficient (Wildman–Crippen LogP) is 1.36. The Bertz CT molecular complexity index is 101. The van der Waals surface area contributed by atoms with Crippen LogP contribution in [-0.4, -0.2) is 6.21 Å². The fraction of sp³-hybridized carbons (Fsp3) is 0.400. The highest BCUT2D eigenvalue weighted by molar-refractivity contribution is 5.84. The highest BCUT2D eigenvalue weighted by Gasteiger charge is 1.91. The lowest BCUT2D eigenvalue weighted by Gasteiger charge is -1.97. The lowest BCUT2D eigenvalue weighted by Crippen LogP contribution is -1.87. The van der Waals surface area contributed by atoms with E-state index in [0.29, 0.717) is 0 Å². The summed E-state index contributed by atoms with van der Waals surface area (Å²) in [7, 11) is 0. The maximum absolute atomic E-state index is 3.78. The topological polar surface area (TPSA) is 12.4 Å². The summed E-state index contributed by atoms with van der Waals surface area (Å²) in [5.41, 5.74) is 1.36. The molecule has 0 radical (unpaired) electrons. The average Bonchev–Trinajstić information content (AvgIpc) is 1.31. The Morgan fingerprint density at radius 3 is 2.50 bits per heavy atom. The van der Waals surface area contributed by atoms with Gasteiger partial charge in [-0.3, -0.25) is 4.99 Å². The van der Waals surface area contributed by atoms with Gasteiger partial charge >= 0.3 is 0 Å². The fourth-order valence-electron chi connectivity index (χ4n) is 0.363. The number of nitrogens with zero attached hydrogens (tertiary/aromatic N) is 1. The Hall–Kier alpha value is -0.590. The van der Waals surface area contributed by atoms with Crippen molar-refractivity contribution in [2.75, 3.05) is 0 Å². The van der Waals surface area contributed by atoms with E-state index in [9.17, 15) is 0 Å². The van der Waals surface area contributed by atoms with Crippen molar-refractivity contribution >= 4 is 6.21 Å². The molecule has 0 amide bonds. The summed E-state index contributed by atoms with van der Waals surface area (Å²) >= 11 is 0. The third kappa shape index (κ3) is 0.361. The zero-order valence-electron chi connectivity index (χ0n) is 3.81. The molecule has 1 heteroatoms. The molecule has 0 fully saturated rings. The van der Waals surface area contributed by atoms with E-state index < -0.39 is 0 Å². The quantitative estimate of drug-likeness (QED) is 0.452. The molecule has 1 rings (SSSR count). The van der Waals surface area contributed by atoms with Crippen LogP contribution in [0.3, 0.4) is 0 Å². The SMILES string of the molecule is CCC1=CN=C1. The lowest BCUT2D eigenvalue weighted by atomic mass is 10.2. The van der Waals surface area contributed by atoms with E-state index in [2.05, 4.69) is 11.9 Å². The molecule has 0 N–H and O–H groups in total. The first-order valence-corrected chi connectivity index (χ1v) is 2.15. The zero-order chi connectivity index (χ0) is 4.41. The van der Waals surface area contributed by atoms with Crippen LogP contribution in [0.4, 0.5) is 0 Å². The van der Waals surface area contributed by atoms with E-state index in [4.69, 9.17) is 0 Å². The second kappa shape index (κ2) is 1.25. The van der Waals surface area contributed by atoms with E-state index in [1.165, 1.54) is 5.57 Å². The molecule has 1 heterocycles. The normalized spacial score (nSPS) is 16.5. The molecule has 0 saturated heterocycles. The van der Waals surface area contributed by atoms with Crippen molar-refractivity contribution in [1.82, 2.24) is 0 Å². The van der Waals surface area contributed by atoms with E-state index in [1.807, 2.05) is 12.4 Å². The van der Waals surface area contributed by atoms with Crippen molar-refractivity contribution in [1.29, 1.82) is 0 Å². The summed E-state index contributed by atoms with van der Waals surface area (Å²) in [6.45, 7) is 2.12. The van der Waals surface area contributed by atoms with Crippen LogP contribution in [0.5, 0.6) is 0 Å². The molecule has 32 valence electrons. The van der Waals surface area contributed by atoms with E-state index >= 15 is 0 Å². The van der Waals surface area contributed by atoms with Crippen molar-refractivity contribution < 1.29 is 0 Å². The molecule has 0 atom stereocenters. The minimum atomic E-state index is 1.13. The minimum Gasteiger partial charge on any atom is -0.264 e. The Morgan fingerprint density at radius 1 is 1.83 bits per heavy atom. The van der Waals surface area contributed by atoms with Crippen molar-refractivity contribution in [2.24, 2.45) is 4.99 Å². The Kier molecular flexibility index (Phi) is 0.748. The molecule has 0 aliphatic carbocycles. The van der Waals surface area contributed by atoms with Gasteiger partial charge in [-0.15, -0.1) is 0 Å². The molecular weight excluding hydrogens is 74.1 g/mol. The Labute approximate surface area is 37.4 Å². The van der Waals surface area contributed by atoms with Crippen molar-refractivity contribution in [3.63, 3.8) is 0 Å². The Morgan fingerprint density at radius 2 is 2.50 bits per heavy atom. The second-order valence-corrected chi connectivity index (χ2v) is 1.34. The van der Waals surface area contributed by atoms with Crippen LogP contribution in [-0.2, 0) is 0 Å². The highest BCUT2D eigenvalue weighted by atomic mass is 14.7. The number of hydrogen-bond donors (Lipinski definition) is 0. The van der Waals surface area contributed by atoms with Crippen molar-refractivity contribution in [2.45, 2.75) is 13.3 Å². The highest BCUT2D eigenvalue weighted by Crippen LogP contribution is 2.03. The molecule has 1 aliphatic heterocycles. The first-order valence-electron chi connectivity index (χ1n) is 2.15. The summed E-state index contributed by atoms with van der Waals surface area (Å²) < 4.78 is 0. The van der Waals surface area contributed by atoms with Crippen LogP contribution in [0.25, 0.3) is 0 Å². The number of aliphatic imine (C=N–C) groups is 1. The van der Waals surface area contributed by atoms with Crippen LogP contribution < -0.4 is 0 Å². The van der Waals surface area contributed by atoms with E-state index in [0.717, 1.165) is 6.42 Å². The summed E-state index contributed by atoms with van der Waals surface area (Å²) in [4.78, 5) is 3.78. The molecule has 0 spiro atoms. The van der Waals surface area contributed by atoms with Gasteiger partial charge in [-0.2, -0.15) is 0 Å². The van der Waals surface area contributed by atoms with Crippen LogP contribution in [0, 0.1) is 0 Å². The molecule has 0 aromatic rings. The summed E-state index contributed by atoms with van der Waals surface area (Å²) in [5, 5.41) is 0. The largest absolute Gasteiger partial charge is 0.264 e. The van der Waals surface area contributed by atoms with Crippen LogP contribution >= 0.6 is 0 Å². The molecule has 1 aliphatic rings. The van der Waals surface area contributed by atoms with Gasteiger partial charge in [-0.05, 0) is 12.0 Å². The molecule has 6 heavy (non-hydrogen) atoms. The number of allylic oxidation sites excluding steroid dienone is 1. The predicted molar refractivity (Wildman–Crippen MR) is 26.9 cm³/mol. The van der Waals surface area contributed by atoms with Crippen molar-refractivity contribution in [3.8, 4) is 0 Å². The maximum Gasteiger partial charge on any atom is 0.0315 e. The van der Waals surface area contributed by atoms with Gasteiger partial charge in [0, 0.05) is 12.4 Å². The van der Waals surface area contributed by atoms with E-state index in [1.54, 1.807) is 0 Å². The first-order chi connectivity index (χ1) is 2.93. The molecule has 0 unspecified atom stereocenters. The monoisotopic (exact) mass is 81.1 g/mol. The van der Waals surface area contributed by atoms with Gasteiger partial charge in [0.15, 0.2) is 0 Å². The number of rotatable bonds is 1. The first kappa shape index (κ1) is 3.59. The van der Waals surface area contributed by atoms with Gasteiger partial charge in [-0.1, -0.05) is 6.92 Å². The van der Waals surface area contributed by atoms with Crippen LogP contribution in [0.2, 0.25) is 0 Å². The van der Waals surface area contributed by atoms with Gasteiger partial charge in [0.1, 0.15) is 0 Å². The zero-order valence-corrected chi connectivity index (χ0v) is 3.81. The molecule has 0 aromatic carbocycles. The van der Waals surface area contributed by atoms with Crippen molar-refractivity contribution in [3.05, 3.63) is 11.8 Å². The van der Waals surface area contributed by atoms with Crippen LogP contribution in [0.1, 0.15) is 13.3 Å². The molecule has 0 bridgehead atoms.